The van der Waals surface area contributed by atoms with Gasteiger partial charge in [-0.3, -0.25) is 4.79 Å². The minimum Gasteiger partial charge on any atom is -0.481 e. The number of rotatable bonds is 7. The Morgan fingerprint density at radius 3 is 2.65 bits per heavy atom. The molecule has 1 aliphatic carbocycles. The van der Waals surface area contributed by atoms with Gasteiger partial charge in [-0.1, -0.05) is 19.8 Å². The van der Waals surface area contributed by atoms with Gasteiger partial charge in [-0.2, -0.15) is 0 Å². The number of carboxylic acids is 1. The highest BCUT2D eigenvalue weighted by Crippen LogP contribution is 2.16. The van der Waals surface area contributed by atoms with Crippen LogP contribution < -0.4 is 16.4 Å². The van der Waals surface area contributed by atoms with Crippen molar-refractivity contribution in [2.24, 2.45) is 11.7 Å². The number of carbonyl (C=O) groups is 2. The van der Waals surface area contributed by atoms with E-state index in [1.807, 2.05) is 6.92 Å². The molecule has 0 bridgehead atoms. The molecule has 0 radical (unpaired) electrons. The van der Waals surface area contributed by atoms with Gasteiger partial charge in [0, 0.05) is 25.0 Å². The molecule has 116 valence electrons. The first kappa shape index (κ1) is 16.8. The highest BCUT2D eigenvalue weighted by molar-refractivity contribution is 5.74. The third kappa shape index (κ3) is 6.75. The van der Waals surface area contributed by atoms with E-state index in [1.54, 1.807) is 0 Å². The molecular formula is C14H27N3O3. The van der Waals surface area contributed by atoms with Crippen LogP contribution in [0.4, 0.5) is 4.79 Å². The molecule has 1 rings (SSSR count). The number of nitrogens with two attached hydrogens (primary N) is 1. The second-order valence-electron chi connectivity index (χ2n) is 5.78. The van der Waals surface area contributed by atoms with E-state index in [4.69, 9.17) is 10.8 Å². The molecule has 0 aromatic carbocycles. The van der Waals surface area contributed by atoms with E-state index in [-0.39, 0.29) is 24.5 Å². The number of urea groups is 1. The lowest BCUT2D eigenvalue weighted by atomic mass is 9.91. The van der Waals surface area contributed by atoms with Crippen LogP contribution in [0, 0.1) is 5.92 Å². The Morgan fingerprint density at radius 2 is 2.00 bits per heavy atom. The number of carboxylic acid groups (broad SMARTS) is 1. The zero-order valence-electron chi connectivity index (χ0n) is 12.2. The van der Waals surface area contributed by atoms with Gasteiger partial charge >= 0.3 is 12.0 Å². The van der Waals surface area contributed by atoms with Gasteiger partial charge in [0.15, 0.2) is 0 Å². The van der Waals surface area contributed by atoms with Gasteiger partial charge < -0.3 is 21.5 Å². The van der Waals surface area contributed by atoms with Gasteiger partial charge in [0.25, 0.3) is 0 Å². The van der Waals surface area contributed by atoms with E-state index in [0.717, 1.165) is 32.1 Å². The molecule has 0 heterocycles. The molecule has 1 saturated carbocycles. The van der Waals surface area contributed by atoms with Crippen LogP contribution in [0.15, 0.2) is 0 Å². The summed E-state index contributed by atoms with van der Waals surface area (Å²) in [7, 11) is 0. The van der Waals surface area contributed by atoms with Crippen molar-refractivity contribution in [1.82, 2.24) is 10.6 Å². The second kappa shape index (κ2) is 8.79. The Hall–Kier alpha value is -1.30. The van der Waals surface area contributed by atoms with Crippen LogP contribution in [0.25, 0.3) is 0 Å². The van der Waals surface area contributed by atoms with Crippen molar-refractivity contribution < 1.29 is 14.7 Å². The number of hydrogen-bond donors (Lipinski definition) is 4. The summed E-state index contributed by atoms with van der Waals surface area (Å²) >= 11 is 0. The van der Waals surface area contributed by atoms with Gasteiger partial charge in [-0.25, -0.2) is 4.79 Å². The summed E-state index contributed by atoms with van der Waals surface area (Å²) in [6.45, 7) is 2.56. The lowest BCUT2D eigenvalue weighted by Crippen LogP contribution is -2.52. The lowest BCUT2D eigenvalue weighted by Gasteiger charge is -2.29. The van der Waals surface area contributed by atoms with E-state index < -0.39 is 5.97 Å². The summed E-state index contributed by atoms with van der Waals surface area (Å²) in [6.07, 6.45) is 5.79. The van der Waals surface area contributed by atoms with E-state index >= 15 is 0 Å². The molecule has 0 aromatic heterocycles. The van der Waals surface area contributed by atoms with Crippen LogP contribution in [0.1, 0.15) is 51.9 Å². The fourth-order valence-electron chi connectivity index (χ4n) is 2.50. The molecule has 20 heavy (non-hydrogen) atoms. The van der Waals surface area contributed by atoms with Crippen LogP contribution >= 0.6 is 0 Å². The summed E-state index contributed by atoms with van der Waals surface area (Å²) < 4.78 is 0. The van der Waals surface area contributed by atoms with Crippen molar-refractivity contribution in [3.63, 3.8) is 0 Å². The smallest absolute Gasteiger partial charge is 0.315 e. The molecule has 0 spiro atoms. The van der Waals surface area contributed by atoms with Crippen LogP contribution in [0.2, 0.25) is 0 Å². The molecule has 2 amide bonds. The Labute approximate surface area is 120 Å². The molecule has 1 aliphatic rings. The predicted octanol–water partition coefficient (Wildman–Crippen LogP) is 1.45. The lowest BCUT2D eigenvalue weighted by molar-refractivity contribution is -0.137. The zero-order chi connectivity index (χ0) is 15.0. The summed E-state index contributed by atoms with van der Waals surface area (Å²) in [5.41, 5.74) is 5.97. The first-order valence-electron chi connectivity index (χ1n) is 7.50. The van der Waals surface area contributed by atoms with Gasteiger partial charge in [0.05, 0.1) is 0 Å². The number of nitrogens with one attached hydrogen (secondary N) is 2. The maximum atomic E-state index is 11.7. The average molecular weight is 285 g/mol. The largest absolute Gasteiger partial charge is 0.481 e. The van der Waals surface area contributed by atoms with Crippen molar-refractivity contribution in [2.75, 3.05) is 6.54 Å². The molecule has 3 unspecified atom stereocenters. The van der Waals surface area contributed by atoms with E-state index in [2.05, 4.69) is 10.6 Å². The van der Waals surface area contributed by atoms with Crippen molar-refractivity contribution in [1.29, 1.82) is 0 Å². The van der Waals surface area contributed by atoms with E-state index in [0.29, 0.717) is 18.9 Å². The quantitative estimate of drug-likeness (QED) is 0.568. The van der Waals surface area contributed by atoms with Crippen LogP contribution in [0.5, 0.6) is 0 Å². The van der Waals surface area contributed by atoms with E-state index in [9.17, 15) is 9.59 Å². The number of hydrogen-bond acceptors (Lipinski definition) is 3. The predicted molar refractivity (Wildman–Crippen MR) is 77.4 cm³/mol. The van der Waals surface area contributed by atoms with Crippen molar-refractivity contribution in [2.45, 2.75) is 64.0 Å². The minimum atomic E-state index is -0.770. The molecule has 0 aliphatic heterocycles. The average Bonchev–Trinajstić information content (AvgIpc) is 2.39. The molecular weight excluding hydrogens is 258 g/mol. The number of amides is 2. The number of carbonyl (C=O) groups excluding carboxylic acids is 1. The van der Waals surface area contributed by atoms with Crippen LogP contribution in [-0.4, -0.2) is 35.7 Å². The monoisotopic (exact) mass is 285 g/mol. The highest BCUT2D eigenvalue weighted by Gasteiger charge is 2.22. The Bertz CT molecular complexity index is 323. The normalized spacial score (nSPS) is 23.9. The SMILES string of the molecule is CC(CCNC(=O)NC1CCCCC1N)CCC(=O)O. The second-order valence-corrected chi connectivity index (χ2v) is 5.78. The third-order valence-corrected chi connectivity index (χ3v) is 3.91. The Kier molecular flexibility index (Phi) is 7.36. The minimum absolute atomic E-state index is 0.0593. The summed E-state index contributed by atoms with van der Waals surface area (Å²) in [5, 5.41) is 14.3. The standard InChI is InChI=1S/C14H27N3O3/c1-10(6-7-13(18)19)8-9-16-14(20)17-12-5-3-2-4-11(12)15/h10-12H,2-9,15H2,1H3,(H,18,19)(H2,16,17,20). The van der Waals surface area contributed by atoms with Gasteiger partial charge in [-0.05, 0) is 31.6 Å². The fraction of sp³-hybridized carbons (Fsp3) is 0.857. The molecule has 6 nitrogen and oxygen atoms in total. The Balaban J connectivity index is 2.11. The fourth-order valence-corrected chi connectivity index (χ4v) is 2.50. The maximum absolute atomic E-state index is 11.7. The zero-order valence-corrected chi connectivity index (χ0v) is 12.2. The molecule has 0 aromatic rings. The van der Waals surface area contributed by atoms with Gasteiger partial charge in [0.1, 0.15) is 0 Å². The molecule has 0 saturated heterocycles. The van der Waals surface area contributed by atoms with Crippen molar-refractivity contribution in [3.05, 3.63) is 0 Å². The molecule has 3 atom stereocenters. The van der Waals surface area contributed by atoms with Crippen molar-refractivity contribution >= 4 is 12.0 Å². The topological polar surface area (TPSA) is 104 Å². The van der Waals surface area contributed by atoms with Gasteiger partial charge in [0.2, 0.25) is 0 Å². The molecule has 1 fully saturated rings. The van der Waals surface area contributed by atoms with Crippen molar-refractivity contribution in [3.8, 4) is 0 Å². The van der Waals surface area contributed by atoms with Crippen LogP contribution in [0.3, 0.4) is 0 Å². The van der Waals surface area contributed by atoms with Crippen LogP contribution in [-0.2, 0) is 4.79 Å². The highest BCUT2D eigenvalue weighted by atomic mass is 16.4. The molecule has 5 N–H and O–H groups in total. The number of aliphatic carboxylic acids is 1. The first-order valence-corrected chi connectivity index (χ1v) is 7.50. The summed E-state index contributed by atoms with van der Waals surface area (Å²) in [5.74, 6) is -0.475. The van der Waals surface area contributed by atoms with Gasteiger partial charge in [-0.15, -0.1) is 0 Å². The molecule has 6 heteroatoms. The summed E-state index contributed by atoms with van der Waals surface area (Å²) in [4.78, 5) is 22.2. The van der Waals surface area contributed by atoms with E-state index in [1.165, 1.54) is 0 Å². The maximum Gasteiger partial charge on any atom is 0.315 e. The third-order valence-electron chi connectivity index (χ3n) is 3.91. The first-order chi connectivity index (χ1) is 9.49. The summed E-state index contributed by atoms with van der Waals surface area (Å²) in [6, 6.07) is -0.0324. The Morgan fingerprint density at radius 1 is 1.30 bits per heavy atom.